The third kappa shape index (κ3) is 4.93. The molecular formula is C24H19F2N3O3S. The summed E-state index contributed by atoms with van der Waals surface area (Å²) >= 11 is 1.14. The van der Waals surface area contributed by atoms with Crippen molar-refractivity contribution < 1.29 is 18.7 Å². The molecule has 168 valence electrons. The molecule has 0 aliphatic carbocycles. The Kier molecular flexibility index (Phi) is 6.50. The summed E-state index contributed by atoms with van der Waals surface area (Å²) in [5.41, 5.74) is 2.26. The summed E-state index contributed by atoms with van der Waals surface area (Å²) in [5.74, 6) is -2.86. The van der Waals surface area contributed by atoms with Crippen LogP contribution in [0, 0.1) is 18.6 Å². The van der Waals surface area contributed by atoms with Crippen molar-refractivity contribution in [3.8, 4) is 11.1 Å². The Balaban J connectivity index is 1.48. The minimum atomic E-state index is -1.01. The molecule has 3 aromatic carbocycles. The van der Waals surface area contributed by atoms with Gasteiger partial charge in [-0.15, -0.1) is 16.9 Å². The van der Waals surface area contributed by atoms with E-state index in [1.54, 1.807) is 36.4 Å². The maximum Gasteiger partial charge on any atom is 0.317 e. The van der Waals surface area contributed by atoms with E-state index in [0.717, 1.165) is 29.5 Å². The van der Waals surface area contributed by atoms with E-state index in [2.05, 4.69) is 10.3 Å². The first kappa shape index (κ1) is 22.6. The standard InChI is InChI=1S/C24H19F2N3O3S/c1-14-3-2-4-18-22(14)27-28-29(23(18)30)12-11-21(24(31)32)33-17-8-5-15(6-9-17)16-7-10-19(25)20(26)13-16/h2-10,13,21H,11-12H2,1H3,(H,31,32). The van der Waals surface area contributed by atoms with E-state index >= 15 is 0 Å². The number of fused-ring (bicyclic) bond motifs is 1. The Morgan fingerprint density at radius 1 is 1.06 bits per heavy atom. The molecule has 1 heterocycles. The second-order valence-electron chi connectivity index (χ2n) is 7.48. The molecule has 0 fully saturated rings. The number of aromatic nitrogens is 3. The Bertz CT molecular complexity index is 1390. The van der Waals surface area contributed by atoms with Crippen molar-refractivity contribution in [3.05, 3.63) is 88.2 Å². The molecule has 4 rings (SSSR count). The number of aliphatic carboxylic acids is 1. The number of benzene rings is 3. The van der Waals surface area contributed by atoms with Crippen molar-refractivity contribution in [2.75, 3.05) is 0 Å². The summed E-state index contributed by atoms with van der Waals surface area (Å²) in [4.78, 5) is 25.2. The Labute approximate surface area is 191 Å². The molecule has 0 aliphatic rings. The second kappa shape index (κ2) is 9.50. The van der Waals surface area contributed by atoms with E-state index in [1.165, 1.54) is 10.7 Å². The van der Waals surface area contributed by atoms with Gasteiger partial charge in [-0.25, -0.2) is 13.5 Å². The van der Waals surface area contributed by atoms with Crippen LogP contribution in [-0.4, -0.2) is 31.3 Å². The highest BCUT2D eigenvalue weighted by Gasteiger charge is 2.20. The van der Waals surface area contributed by atoms with Crippen LogP contribution < -0.4 is 5.56 Å². The fourth-order valence-corrected chi connectivity index (χ4v) is 4.37. The molecule has 0 aliphatic heterocycles. The van der Waals surface area contributed by atoms with E-state index in [4.69, 9.17) is 0 Å². The zero-order chi connectivity index (χ0) is 23.5. The van der Waals surface area contributed by atoms with Gasteiger partial charge in [0.15, 0.2) is 11.6 Å². The number of halogens is 2. The van der Waals surface area contributed by atoms with Gasteiger partial charge in [-0.3, -0.25) is 9.59 Å². The van der Waals surface area contributed by atoms with E-state index in [0.29, 0.717) is 26.9 Å². The fraction of sp³-hybridized carbons (Fsp3) is 0.167. The molecule has 0 radical (unpaired) electrons. The molecule has 1 unspecified atom stereocenters. The van der Waals surface area contributed by atoms with E-state index in [1.807, 2.05) is 13.0 Å². The lowest BCUT2D eigenvalue weighted by atomic mass is 10.1. The minimum absolute atomic E-state index is 0.104. The Morgan fingerprint density at radius 2 is 1.79 bits per heavy atom. The average Bonchev–Trinajstić information content (AvgIpc) is 2.80. The van der Waals surface area contributed by atoms with Gasteiger partial charge in [0.05, 0.1) is 5.39 Å². The highest BCUT2D eigenvalue weighted by molar-refractivity contribution is 8.00. The summed E-state index contributed by atoms with van der Waals surface area (Å²) < 4.78 is 27.8. The topological polar surface area (TPSA) is 85.1 Å². The summed E-state index contributed by atoms with van der Waals surface area (Å²) in [7, 11) is 0. The molecular weight excluding hydrogens is 448 g/mol. The number of aryl methyl sites for hydroxylation is 2. The van der Waals surface area contributed by atoms with Gasteiger partial charge in [0, 0.05) is 11.4 Å². The number of nitrogens with zero attached hydrogens (tertiary/aromatic N) is 3. The number of hydrogen-bond acceptors (Lipinski definition) is 5. The quantitative estimate of drug-likeness (QED) is 0.397. The Morgan fingerprint density at radius 3 is 2.48 bits per heavy atom. The highest BCUT2D eigenvalue weighted by atomic mass is 32.2. The van der Waals surface area contributed by atoms with Crippen molar-refractivity contribution >= 4 is 28.6 Å². The number of hydrogen-bond donors (Lipinski definition) is 1. The predicted octanol–water partition coefficient (Wildman–Crippen LogP) is 4.68. The predicted molar refractivity (Wildman–Crippen MR) is 122 cm³/mol. The van der Waals surface area contributed by atoms with Crippen molar-refractivity contribution in [2.45, 2.75) is 30.0 Å². The average molecular weight is 467 g/mol. The molecule has 1 aromatic heterocycles. The van der Waals surface area contributed by atoms with Crippen LogP contribution in [0.2, 0.25) is 0 Å². The van der Waals surface area contributed by atoms with Gasteiger partial charge in [-0.2, -0.15) is 0 Å². The third-order valence-corrected chi connectivity index (χ3v) is 6.49. The van der Waals surface area contributed by atoms with Crippen molar-refractivity contribution in [3.63, 3.8) is 0 Å². The van der Waals surface area contributed by atoms with Crippen molar-refractivity contribution in [1.82, 2.24) is 15.0 Å². The van der Waals surface area contributed by atoms with Gasteiger partial charge in [0.1, 0.15) is 10.8 Å². The summed E-state index contributed by atoms with van der Waals surface area (Å²) in [6, 6.07) is 15.8. The SMILES string of the molecule is Cc1cccc2c(=O)n(CCC(Sc3ccc(-c4ccc(F)c(F)c4)cc3)C(=O)O)nnc12. The third-order valence-electron chi connectivity index (χ3n) is 5.22. The summed E-state index contributed by atoms with van der Waals surface area (Å²) in [5, 5.41) is 17.3. The number of thioether (sulfide) groups is 1. The summed E-state index contributed by atoms with van der Waals surface area (Å²) in [6.07, 6.45) is 0.164. The largest absolute Gasteiger partial charge is 0.480 e. The molecule has 1 N–H and O–H groups in total. The van der Waals surface area contributed by atoms with Gasteiger partial charge in [-0.1, -0.05) is 35.5 Å². The number of carboxylic acid groups (broad SMARTS) is 1. The van der Waals surface area contributed by atoms with E-state index in [9.17, 15) is 23.5 Å². The molecule has 6 nitrogen and oxygen atoms in total. The smallest absolute Gasteiger partial charge is 0.317 e. The molecule has 33 heavy (non-hydrogen) atoms. The van der Waals surface area contributed by atoms with Crippen LogP contribution in [-0.2, 0) is 11.3 Å². The molecule has 0 spiro atoms. The minimum Gasteiger partial charge on any atom is -0.480 e. The van der Waals surface area contributed by atoms with Crippen LogP contribution in [0.5, 0.6) is 0 Å². The van der Waals surface area contributed by atoms with Crippen molar-refractivity contribution in [2.24, 2.45) is 0 Å². The first-order valence-electron chi connectivity index (χ1n) is 10.1. The maximum absolute atomic E-state index is 13.5. The first-order chi connectivity index (χ1) is 15.8. The lowest BCUT2D eigenvalue weighted by molar-refractivity contribution is -0.136. The van der Waals surface area contributed by atoms with Gasteiger partial charge in [0.2, 0.25) is 0 Å². The highest BCUT2D eigenvalue weighted by Crippen LogP contribution is 2.29. The zero-order valence-electron chi connectivity index (χ0n) is 17.5. The molecule has 9 heteroatoms. The van der Waals surface area contributed by atoms with Crippen LogP contribution in [0.4, 0.5) is 8.78 Å². The van der Waals surface area contributed by atoms with Crippen LogP contribution in [0.25, 0.3) is 22.0 Å². The van der Waals surface area contributed by atoms with Crippen LogP contribution in [0.3, 0.4) is 0 Å². The lowest BCUT2D eigenvalue weighted by Crippen LogP contribution is -2.27. The van der Waals surface area contributed by atoms with Gasteiger partial charge in [0.25, 0.3) is 5.56 Å². The first-order valence-corrected chi connectivity index (χ1v) is 11.0. The molecule has 0 amide bonds. The summed E-state index contributed by atoms with van der Waals surface area (Å²) in [6.45, 7) is 1.95. The number of carboxylic acids is 1. The molecule has 4 aromatic rings. The number of rotatable bonds is 7. The Hall–Kier alpha value is -3.59. The molecule has 0 saturated heterocycles. The molecule has 1 atom stereocenters. The molecule has 0 bridgehead atoms. The van der Waals surface area contributed by atoms with Gasteiger partial charge >= 0.3 is 5.97 Å². The van der Waals surface area contributed by atoms with Crippen LogP contribution in [0.1, 0.15) is 12.0 Å². The van der Waals surface area contributed by atoms with E-state index < -0.39 is 22.9 Å². The number of carbonyl (C=O) groups is 1. The maximum atomic E-state index is 13.5. The second-order valence-corrected chi connectivity index (χ2v) is 8.75. The molecule has 0 saturated carbocycles. The monoisotopic (exact) mass is 467 g/mol. The van der Waals surface area contributed by atoms with Crippen molar-refractivity contribution in [1.29, 1.82) is 0 Å². The van der Waals surface area contributed by atoms with Crippen LogP contribution >= 0.6 is 11.8 Å². The van der Waals surface area contributed by atoms with Gasteiger partial charge < -0.3 is 5.11 Å². The zero-order valence-corrected chi connectivity index (χ0v) is 18.4. The fourth-order valence-electron chi connectivity index (χ4n) is 3.43. The van der Waals surface area contributed by atoms with E-state index in [-0.39, 0.29) is 18.5 Å². The lowest BCUT2D eigenvalue weighted by Gasteiger charge is -2.13. The van der Waals surface area contributed by atoms with Crippen LogP contribution in [0.15, 0.2) is 70.4 Å². The van der Waals surface area contributed by atoms with Gasteiger partial charge in [-0.05, 0) is 60.4 Å². The normalized spacial score (nSPS) is 12.1.